The van der Waals surface area contributed by atoms with Crippen LogP contribution in [0.5, 0.6) is 0 Å². The third kappa shape index (κ3) is 3.32. The highest BCUT2D eigenvalue weighted by Gasteiger charge is 2.15. The lowest BCUT2D eigenvalue weighted by Crippen LogP contribution is -2.25. The highest BCUT2D eigenvalue weighted by atomic mass is 32.1. The molecule has 0 saturated heterocycles. The predicted octanol–water partition coefficient (Wildman–Crippen LogP) is 3.33. The first-order valence-corrected chi connectivity index (χ1v) is 8.15. The van der Waals surface area contributed by atoms with Crippen LogP contribution < -0.4 is 10.9 Å². The summed E-state index contributed by atoms with van der Waals surface area (Å²) < 4.78 is 1.89. The Morgan fingerprint density at radius 3 is 2.67 bits per heavy atom. The molecule has 2 rings (SSSR count). The number of pyridine rings is 1. The van der Waals surface area contributed by atoms with E-state index in [2.05, 4.69) is 36.3 Å². The Hall–Kier alpha value is -1.69. The van der Waals surface area contributed by atoms with Gasteiger partial charge in [-0.2, -0.15) is 0 Å². The molecule has 21 heavy (non-hydrogen) atoms. The summed E-state index contributed by atoms with van der Waals surface area (Å²) in [5.41, 5.74) is 1.75. The Morgan fingerprint density at radius 1 is 1.33 bits per heavy atom. The van der Waals surface area contributed by atoms with Crippen molar-refractivity contribution >= 4 is 16.5 Å². The van der Waals surface area contributed by atoms with Crippen LogP contribution in [0.15, 0.2) is 16.9 Å². The van der Waals surface area contributed by atoms with Gasteiger partial charge in [-0.3, -0.25) is 4.79 Å². The second-order valence-electron chi connectivity index (χ2n) is 5.30. The predicted molar refractivity (Wildman–Crippen MR) is 88.1 cm³/mol. The van der Waals surface area contributed by atoms with E-state index in [-0.39, 0.29) is 5.56 Å². The summed E-state index contributed by atoms with van der Waals surface area (Å²) in [6, 6.07) is 3.91. The molecule has 0 atom stereocenters. The Labute approximate surface area is 129 Å². The van der Waals surface area contributed by atoms with Crippen LogP contribution in [0.4, 0.5) is 5.13 Å². The summed E-state index contributed by atoms with van der Waals surface area (Å²) >= 11 is 1.40. The zero-order valence-electron chi connectivity index (χ0n) is 13.0. The van der Waals surface area contributed by atoms with Crippen molar-refractivity contribution in [3.05, 3.63) is 28.2 Å². The molecule has 6 heteroatoms. The second kappa shape index (κ2) is 6.85. The third-order valence-electron chi connectivity index (χ3n) is 3.40. The number of anilines is 1. The molecular formula is C15H22N4OS. The van der Waals surface area contributed by atoms with Crippen LogP contribution in [-0.2, 0) is 6.54 Å². The Morgan fingerprint density at radius 2 is 2.10 bits per heavy atom. The summed E-state index contributed by atoms with van der Waals surface area (Å²) in [5.74, 6) is 0.325. The van der Waals surface area contributed by atoms with Crippen LogP contribution in [0, 0.1) is 0 Å². The van der Waals surface area contributed by atoms with Gasteiger partial charge in [0.25, 0.3) is 5.56 Å². The quantitative estimate of drug-likeness (QED) is 0.889. The molecule has 0 aromatic carbocycles. The molecule has 0 fully saturated rings. The molecule has 1 N–H and O–H groups in total. The van der Waals surface area contributed by atoms with Crippen LogP contribution in [0.25, 0.3) is 10.6 Å². The fraction of sp³-hybridized carbons (Fsp3) is 0.533. The monoisotopic (exact) mass is 306 g/mol. The van der Waals surface area contributed by atoms with Crippen molar-refractivity contribution < 1.29 is 0 Å². The molecule has 2 aromatic rings. The minimum Gasteiger partial charge on any atom is -0.363 e. The zero-order chi connectivity index (χ0) is 15.4. The van der Waals surface area contributed by atoms with Crippen molar-refractivity contribution in [2.45, 2.75) is 46.1 Å². The SMILES string of the molecule is CCCCn1c(C(C)C)ccc(-c2nnc(NC)s2)c1=O. The molecule has 0 spiro atoms. The standard InChI is InChI=1S/C15H22N4OS/c1-5-6-9-19-12(10(2)3)8-7-11(14(19)20)13-17-18-15(16-4)21-13/h7-8,10H,5-6,9H2,1-4H3,(H,16,18). The van der Waals surface area contributed by atoms with Gasteiger partial charge in [-0.25, -0.2) is 0 Å². The van der Waals surface area contributed by atoms with Crippen LogP contribution in [0.3, 0.4) is 0 Å². The Bertz CT molecular complexity index is 660. The van der Waals surface area contributed by atoms with Gasteiger partial charge in [-0.15, -0.1) is 10.2 Å². The Kier molecular flexibility index (Phi) is 5.12. The van der Waals surface area contributed by atoms with Gasteiger partial charge in [0.1, 0.15) is 0 Å². The molecule has 0 saturated carbocycles. The maximum Gasteiger partial charge on any atom is 0.261 e. The first kappa shape index (κ1) is 15.7. The molecule has 2 heterocycles. The lowest BCUT2D eigenvalue weighted by atomic mass is 10.1. The number of nitrogens with zero attached hydrogens (tertiary/aromatic N) is 3. The topological polar surface area (TPSA) is 59.8 Å². The van der Waals surface area contributed by atoms with Gasteiger partial charge in [0.05, 0.1) is 5.56 Å². The first-order chi connectivity index (χ1) is 10.1. The maximum atomic E-state index is 12.8. The van der Waals surface area contributed by atoms with Gasteiger partial charge >= 0.3 is 0 Å². The maximum absolute atomic E-state index is 12.8. The van der Waals surface area contributed by atoms with Gasteiger partial charge < -0.3 is 9.88 Å². The average molecular weight is 306 g/mol. The molecule has 0 aliphatic rings. The highest BCUT2D eigenvalue weighted by molar-refractivity contribution is 7.18. The lowest BCUT2D eigenvalue weighted by Gasteiger charge is -2.16. The second-order valence-corrected chi connectivity index (χ2v) is 6.28. The van der Waals surface area contributed by atoms with Gasteiger partial charge in [0.15, 0.2) is 5.01 Å². The summed E-state index contributed by atoms with van der Waals surface area (Å²) in [5, 5.41) is 12.5. The number of nitrogens with one attached hydrogen (secondary N) is 1. The van der Waals surface area contributed by atoms with Crippen LogP contribution in [-0.4, -0.2) is 21.8 Å². The molecule has 0 aliphatic heterocycles. The van der Waals surface area contributed by atoms with Crippen LogP contribution in [0.2, 0.25) is 0 Å². The fourth-order valence-corrected chi connectivity index (χ4v) is 2.95. The number of unbranched alkanes of at least 4 members (excludes halogenated alkanes) is 1. The smallest absolute Gasteiger partial charge is 0.261 e. The van der Waals surface area contributed by atoms with Crippen LogP contribution in [0.1, 0.15) is 45.2 Å². The van der Waals surface area contributed by atoms with Crippen molar-refractivity contribution in [3.63, 3.8) is 0 Å². The zero-order valence-corrected chi connectivity index (χ0v) is 13.8. The normalized spacial score (nSPS) is 11.1. The van der Waals surface area contributed by atoms with E-state index in [9.17, 15) is 4.79 Å². The Balaban J connectivity index is 2.50. The van der Waals surface area contributed by atoms with Crippen molar-refractivity contribution in [2.75, 3.05) is 12.4 Å². The number of aromatic nitrogens is 3. The van der Waals surface area contributed by atoms with Gasteiger partial charge in [0, 0.05) is 19.3 Å². The molecule has 2 aromatic heterocycles. The minimum absolute atomic E-state index is 0.0356. The van der Waals surface area contributed by atoms with Gasteiger partial charge in [-0.1, -0.05) is 38.5 Å². The number of rotatable bonds is 6. The molecule has 0 aliphatic carbocycles. The third-order valence-corrected chi connectivity index (χ3v) is 4.38. The molecular weight excluding hydrogens is 284 g/mol. The minimum atomic E-state index is 0.0356. The van der Waals surface area contributed by atoms with Crippen molar-refractivity contribution in [1.82, 2.24) is 14.8 Å². The number of hydrogen-bond donors (Lipinski definition) is 1. The lowest BCUT2D eigenvalue weighted by molar-refractivity contribution is 0.571. The first-order valence-electron chi connectivity index (χ1n) is 7.33. The highest BCUT2D eigenvalue weighted by Crippen LogP contribution is 2.25. The largest absolute Gasteiger partial charge is 0.363 e. The van der Waals surface area contributed by atoms with E-state index >= 15 is 0 Å². The molecule has 5 nitrogen and oxygen atoms in total. The molecule has 0 amide bonds. The van der Waals surface area contributed by atoms with E-state index in [0.717, 1.165) is 30.2 Å². The van der Waals surface area contributed by atoms with E-state index in [1.165, 1.54) is 11.3 Å². The van der Waals surface area contributed by atoms with Crippen molar-refractivity contribution in [3.8, 4) is 10.6 Å². The average Bonchev–Trinajstić information content (AvgIpc) is 2.94. The van der Waals surface area contributed by atoms with Crippen molar-refractivity contribution in [2.24, 2.45) is 0 Å². The van der Waals surface area contributed by atoms with Gasteiger partial charge in [0.2, 0.25) is 5.13 Å². The molecule has 0 bridgehead atoms. The summed E-state index contributed by atoms with van der Waals surface area (Å²) in [4.78, 5) is 12.8. The van der Waals surface area contributed by atoms with E-state index in [1.54, 1.807) is 7.05 Å². The molecule has 0 radical (unpaired) electrons. The summed E-state index contributed by atoms with van der Waals surface area (Å²) in [6.45, 7) is 7.12. The fourth-order valence-electron chi connectivity index (χ4n) is 2.24. The van der Waals surface area contributed by atoms with Crippen LogP contribution >= 0.6 is 11.3 Å². The van der Waals surface area contributed by atoms with E-state index in [0.29, 0.717) is 16.5 Å². The van der Waals surface area contributed by atoms with E-state index in [4.69, 9.17) is 0 Å². The van der Waals surface area contributed by atoms with E-state index in [1.807, 2.05) is 16.7 Å². The molecule has 0 unspecified atom stereocenters. The van der Waals surface area contributed by atoms with Gasteiger partial charge in [-0.05, 0) is 24.5 Å². The number of hydrogen-bond acceptors (Lipinski definition) is 5. The summed E-state index contributed by atoms with van der Waals surface area (Å²) in [6.07, 6.45) is 2.07. The summed E-state index contributed by atoms with van der Waals surface area (Å²) in [7, 11) is 1.80. The molecule has 114 valence electrons. The van der Waals surface area contributed by atoms with E-state index < -0.39 is 0 Å². The van der Waals surface area contributed by atoms with Crippen molar-refractivity contribution in [1.29, 1.82) is 0 Å².